The van der Waals surface area contributed by atoms with E-state index < -0.39 is 47.3 Å². The van der Waals surface area contributed by atoms with Gasteiger partial charge in [0.2, 0.25) is 5.91 Å². The molecular formula is C28H42N2O5. The van der Waals surface area contributed by atoms with Crippen LogP contribution in [0.15, 0.2) is 42.0 Å². The first-order chi connectivity index (χ1) is 16.4. The molecule has 3 N–H and O–H groups in total. The highest BCUT2D eigenvalue weighted by Gasteiger charge is 2.53. The second-order valence-corrected chi connectivity index (χ2v) is 10.5. The molecule has 1 aliphatic rings. The van der Waals surface area contributed by atoms with Gasteiger partial charge in [0.25, 0.3) is 5.91 Å². The number of hydrogen-bond donors (Lipinski definition) is 2. The van der Waals surface area contributed by atoms with Crippen molar-refractivity contribution in [2.24, 2.45) is 29.4 Å². The number of carbonyl (C=O) groups is 3. The maximum atomic E-state index is 14.2. The third-order valence-corrected chi connectivity index (χ3v) is 7.36. The zero-order valence-electron chi connectivity index (χ0n) is 22.2. The van der Waals surface area contributed by atoms with Crippen molar-refractivity contribution in [2.45, 2.75) is 78.5 Å². The average molecular weight is 487 g/mol. The van der Waals surface area contributed by atoms with Crippen LogP contribution in [0.1, 0.15) is 59.9 Å². The molecular weight excluding hydrogens is 444 g/mol. The van der Waals surface area contributed by atoms with E-state index in [9.17, 15) is 19.5 Å². The third kappa shape index (κ3) is 6.19. The molecule has 0 heterocycles. The monoisotopic (exact) mass is 486 g/mol. The number of methoxy groups -OCH3 is 1. The molecule has 0 radical (unpaired) electrons. The molecule has 0 aliphatic heterocycles. The second kappa shape index (κ2) is 12.0. The van der Waals surface area contributed by atoms with Crippen LogP contribution in [-0.4, -0.2) is 52.6 Å². The molecule has 1 aromatic rings. The van der Waals surface area contributed by atoms with E-state index in [1.54, 1.807) is 13.8 Å². The van der Waals surface area contributed by atoms with E-state index in [4.69, 9.17) is 10.5 Å². The Bertz CT molecular complexity index is 927. The highest BCUT2D eigenvalue weighted by Crippen LogP contribution is 2.39. The summed E-state index contributed by atoms with van der Waals surface area (Å²) in [5.41, 5.74) is 7.60. The first-order valence-electron chi connectivity index (χ1n) is 12.5. The minimum Gasteiger partial charge on any atom is -0.467 e. The number of nitrogens with zero attached hydrogens (tertiary/aromatic N) is 1. The van der Waals surface area contributed by atoms with E-state index in [1.165, 1.54) is 14.0 Å². The molecule has 0 fully saturated rings. The topological polar surface area (TPSA) is 110 Å². The highest BCUT2D eigenvalue weighted by molar-refractivity contribution is 6.03. The predicted octanol–water partition coefficient (Wildman–Crippen LogP) is 3.49. The summed E-state index contributed by atoms with van der Waals surface area (Å²) in [6.45, 7) is 10.4. The Kier molecular flexibility index (Phi) is 9.81. The molecule has 3 unspecified atom stereocenters. The molecule has 5 atom stereocenters. The lowest BCUT2D eigenvalue weighted by Crippen LogP contribution is -2.68. The maximum absolute atomic E-state index is 14.2. The lowest BCUT2D eigenvalue weighted by molar-refractivity contribution is -0.166. The van der Waals surface area contributed by atoms with Crippen LogP contribution in [-0.2, 0) is 25.5 Å². The van der Waals surface area contributed by atoms with Gasteiger partial charge in [-0.1, -0.05) is 69.7 Å². The SMILES string of the molecule is COC(=O)[C@H](C(C)C)N(C(C)=O)C(=O)[C@@](N)(C(C)C)C1CCC(C)=CC(Cc2ccccc2)C1O. The van der Waals surface area contributed by atoms with Gasteiger partial charge in [0.15, 0.2) is 0 Å². The number of nitrogens with two attached hydrogens (primary N) is 1. The zero-order chi connectivity index (χ0) is 26.5. The van der Waals surface area contributed by atoms with E-state index in [0.29, 0.717) is 19.3 Å². The van der Waals surface area contributed by atoms with Crippen LogP contribution in [0.5, 0.6) is 0 Å². The summed E-state index contributed by atoms with van der Waals surface area (Å²) >= 11 is 0. The number of benzene rings is 1. The summed E-state index contributed by atoms with van der Waals surface area (Å²) in [6.07, 6.45) is 2.94. The van der Waals surface area contributed by atoms with Crippen molar-refractivity contribution in [3.63, 3.8) is 0 Å². The molecule has 1 aromatic carbocycles. The van der Waals surface area contributed by atoms with Gasteiger partial charge < -0.3 is 15.6 Å². The van der Waals surface area contributed by atoms with E-state index in [2.05, 4.69) is 6.08 Å². The number of hydrogen-bond acceptors (Lipinski definition) is 6. The van der Waals surface area contributed by atoms with Crippen molar-refractivity contribution >= 4 is 17.8 Å². The van der Waals surface area contributed by atoms with Crippen molar-refractivity contribution in [1.82, 2.24) is 4.90 Å². The summed E-state index contributed by atoms with van der Waals surface area (Å²) in [7, 11) is 1.23. The largest absolute Gasteiger partial charge is 0.467 e. The van der Waals surface area contributed by atoms with Crippen LogP contribution >= 0.6 is 0 Å². The van der Waals surface area contributed by atoms with Crippen LogP contribution in [0.25, 0.3) is 0 Å². The molecule has 2 rings (SSSR count). The van der Waals surface area contributed by atoms with Crippen LogP contribution in [0.3, 0.4) is 0 Å². The van der Waals surface area contributed by atoms with Crippen molar-refractivity contribution in [3.05, 3.63) is 47.5 Å². The van der Waals surface area contributed by atoms with Gasteiger partial charge in [0.05, 0.1) is 13.2 Å². The Morgan fingerprint density at radius 1 is 1.17 bits per heavy atom. The minimum absolute atomic E-state index is 0.244. The molecule has 194 valence electrons. The van der Waals surface area contributed by atoms with Crippen molar-refractivity contribution < 1.29 is 24.2 Å². The van der Waals surface area contributed by atoms with Gasteiger partial charge in [-0.2, -0.15) is 0 Å². The van der Waals surface area contributed by atoms with Gasteiger partial charge in [-0.05, 0) is 43.6 Å². The minimum atomic E-state index is -1.57. The Hall–Kier alpha value is -2.51. The number of carbonyl (C=O) groups excluding carboxylic acids is 3. The fourth-order valence-electron chi connectivity index (χ4n) is 5.29. The lowest BCUT2D eigenvalue weighted by Gasteiger charge is -2.46. The van der Waals surface area contributed by atoms with Crippen LogP contribution in [0, 0.1) is 23.7 Å². The molecule has 0 bridgehead atoms. The molecule has 7 heteroatoms. The Labute approximate surface area is 209 Å². The smallest absolute Gasteiger partial charge is 0.329 e. The van der Waals surface area contributed by atoms with E-state index in [-0.39, 0.29) is 11.8 Å². The fraction of sp³-hybridized carbons (Fsp3) is 0.607. The number of amides is 2. The number of ether oxygens (including phenoxy) is 1. The number of imide groups is 1. The first kappa shape index (κ1) is 28.7. The summed E-state index contributed by atoms with van der Waals surface area (Å²) in [5, 5.41) is 11.7. The number of rotatable bonds is 8. The zero-order valence-corrected chi connectivity index (χ0v) is 22.2. The highest BCUT2D eigenvalue weighted by atomic mass is 16.5. The summed E-state index contributed by atoms with van der Waals surface area (Å²) in [6, 6.07) is 8.79. The Balaban J connectivity index is 2.54. The lowest BCUT2D eigenvalue weighted by atomic mass is 9.68. The quantitative estimate of drug-likeness (QED) is 0.430. The summed E-state index contributed by atoms with van der Waals surface area (Å²) in [4.78, 5) is 40.5. The van der Waals surface area contributed by atoms with Gasteiger partial charge in [-0.3, -0.25) is 14.5 Å². The molecule has 2 amide bonds. The molecule has 0 saturated carbocycles. The van der Waals surface area contributed by atoms with Gasteiger partial charge in [0, 0.05) is 18.8 Å². The number of aliphatic hydroxyl groups excluding tert-OH is 1. The Morgan fingerprint density at radius 3 is 2.26 bits per heavy atom. The average Bonchev–Trinajstić information content (AvgIpc) is 2.94. The van der Waals surface area contributed by atoms with Gasteiger partial charge in [0.1, 0.15) is 11.6 Å². The standard InChI is InChI=1S/C28H42N2O5/c1-17(2)24(26(33)35-7)30(20(6)31)27(34)28(29,18(3)4)23-14-13-19(5)15-22(25(23)32)16-21-11-9-8-10-12-21/h8-12,15,17-18,22-25,32H,13-14,16,29H2,1-7H3/t22?,23?,24-,25?,28+/m0/s1. The normalized spacial score (nSPS) is 23.2. The van der Waals surface area contributed by atoms with Crippen LogP contribution in [0.4, 0.5) is 0 Å². The molecule has 35 heavy (non-hydrogen) atoms. The van der Waals surface area contributed by atoms with Crippen molar-refractivity contribution in [3.8, 4) is 0 Å². The Morgan fingerprint density at radius 2 is 1.77 bits per heavy atom. The molecule has 1 aliphatic carbocycles. The summed E-state index contributed by atoms with van der Waals surface area (Å²) in [5.74, 6) is -3.54. The predicted molar refractivity (Wildman–Crippen MR) is 136 cm³/mol. The molecule has 0 saturated heterocycles. The van der Waals surface area contributed by atoms with E-state index in [1.807, 2.05) is 51.1 Å². The van der Waals surface area contributed by atoms with Crippen molar-refractivity contribution in [1.29, 1.82) is 0 Å². The van der Waals surface area contributed by atoms with E-state index in [0.717, 1.165) is 16.0 Å². The number of allylic oxidation sites excluding steroid dienone is 1. The first-order valence-corrected chi connectivity index (χ1v) is 12.5. The maximum Gasteiger partial charge on any atom is 0.329 e. The van der Waals surface area contributed by atoms with Gasteiger partial charge in [-0.15, -0.1) is 0 Å². The number of esters is 1. The van der Waals surface area contributed by atoms with Crippen molar-refractivity contribution in [2.75, 3.05) is 7.11 Å². The second-order valence-electron chi connectivity index (χ2n) is 10.5. The van der Waals surface area contributed by atoms with Gasteiger partial charge >= 0.3 is 5.97 Å². The third-order valence-electron chi connectivity index (χ3n) is 7.36. The molecule has 7 nitrogen and oxygen atoms in total. The number of aliphatic hydroxyl groups is 1. The fourth-order valence-corrected chi connectivity index (χ4v) is 5.29. The molecule has 0 aromatic heterocycles. The van der Waals surface area contributed by atoms with E-state index >= 15 is 0 Å². The van der Waals surface area contributed by atoms with Crippen LogP contribution < -0.4 is 5.73 Å². The summed E-state index contributed by atoms with van der Waals surface area (Å²) < 4.78 is 4.93. The van der Waals surface area contributed by atoms with Crippen LogP contribution in [0.2, 0.25) is 0 Å². The molecule has 0 spiro atoms. The van der Waals surface area contributed by atoms with Gasteiger partial charge in [-0.25, -0.2) is 4.79 Å².